The van der Waals surface area contributed by atoms with Gasteiger partial charge in [-0.1, -0.05) is 20.8 Å². The Morgan fingerprint density at radius 2 is 1.76 bits per heavy atom. The summed E-state index contributed by atoms with van der Waals surface area (Å²) in [7, 11) is 5.08. The van der Waals surface area contributed by atoms with Gasteiger partial charge in [0.25, 0.3) is 0 Å². The normalized spacial score (nSPS) is 11.5. The third-order valence-electron chi connectivity index (χ3n) is 3.54. The molecule has 1 heterocycles. The van der Waals surface area contributed by atoms with Gasteiger partial charge in [-0.3, -0.25) is 4.68 Å². The molecule has 0 saturated heterocycles. The van der Waals surface area contributed by atoms with Crippen molar-refractivity contribution < 1.29 is 9.47 Å². The third-order valence-corrected chi connectivity index (χ3v) is 3.54. The number of methoxy groups -OCH3 is 2. The fourth-order valence-electron chi connectivity index (χ4n) is 2.20. The first-order valence-corrected chi connectivity index (χ1v) is 6.84. The summed E-state index contributed by atoms with van der Waals surface area (Å²) in [5.74, 6) is 1.97. The van der Waals surface area contributed by atoms with Crippen LogP contribution in [0.25, 0.3) is 11.3 Å². The molecule has 114 valence electrons. The molecular weight excluding hydrogens is 266 g/mol. The van der Waals surface area contributed by atoms with Crippen molar-refractivity contribution in [1.82, 2.24) is 9.78 Å². The molecule has 0 unspecified atom stereocenters. The van der Waals surface area contributed by atoms with E-state index in [9.17, 15) is 0 Å². The lowest BCUT2D eigenvalue weighted by Crippen LogP contribution is -2.12. The smallest absolute Gasteiger partial charge is 0.170 e. The Morgan fingerprint density at radius 1 is 1.10 bits per heavy atom. The number of nitrogens with two attached hydrogens (primary N) is 1. The molecule has 0 bridgehead atoms. The number of aromatic nitrogens is 2. The van der Waals surface area contributed by atoms with Crippen molar-refractivity contribution in [2.24, 2.45) is 7.05 Å². The van der Waals surface area contributed by atoms with E-state index in [1.807, 2.05) is 19.2 Å². The van der Waals surface area contributed by atoms with Gasteiger partial charge in [0.2, 0.25) is 0 Å². The Hall–Kier alpha value is -2.17. The Morgan fingerprint density at radius 3 is 2.19 bits per heavy atom. The molecule has 2 aromatic rings. The topological polar surface area (TPSA) is 62.3 Å². The predicted octanol–water partition coefficient (Wildman–Crippen LogP) is 2.98. The van der Waals surface area contributed by atoms with Crippen molar-refractivity contribution in [3.8, 4) is 22.8 Å². The van der Waals surface area contributed by atoms with Crippen LogP contribution >= 0.6 is 0 Å². The van der Waals surface area contributed by atoms with Crippen LogP contribution in [0.15, 0.2) is 18.2 Å². The van der Waals surface area contributed by atoms with E-state index in [0.29, 0.717) is 17.3 Å². The van der Waals surface area contributed by atoms with Crippen molar-refractivity contribution >= 4 is 5.82 Å². The van der Waals surface area contributed by atoms with Crippen LogP contribution in [0.3, 0.4) is 0 Å². The molecule has 2 N–H and O–H groups in total. The lowest BCUT2D eigenvalue weighted by molar-refractivity contribution is 0.354. The second kappa shape index (κ2) is 5.31. The zero-order valence-corrected chi connectivity index (χ0v) is 13.5. The van der Waals surface area contributed by atoms with Crippen molar-refractivity contribution in [3.05, 3.63) is 23.8 Å². The molecule has 5 heteroatoms. The van der Waals surface area contributed by atoms with E-state index in [4.69, 9.17) is 15.2 Å². The summed E-state index contributed by atoms with van der Waals surface area (Å²) < 4.78 is 12.6. The van der Waals surface area contributed by atoms with Crippen LogP contribution in [-0.2, 0) is 12.5 Å². The molecule has 0 spiro atoms. The minimum Gasteiger partial charge on any atom is -0.493 e. The van der Waals surface area contributed by atoms with E-state index in [1.54, 1.807) is 18.9 Å². The van der Waals surface area contributed by atoms with Gasteiger partial charge in [0.1, 0.15) is 5.82 Å². The Bertz CT molecular complexity index is 635. The number of anilines is 1. The monoisotopic (exact) mass is 289 g/mol. The van der Waals surface area contributed by atoms with E-state index in [-0.39, 0.29) is 5.41 Å². The molecule has 0 saturated carbocycles. The first-order chi connectivity index (χ1) is 9.77. The highest BCUT2D eigenvalue weighted by molar-refractivity contribution is 5.74. The van der Waals surface area contributed by atoms with Crippen molar-refractivity contribution in [1.29, 1.82) is 0 Å². The van der Waals surface area contributed by atoms with Crippen LogP contribution in [0.4, 0.5) is 5.82 Å². The molecule has 5 nitrogen and oxygen atoms in total. The molecule has 1 aromatic heterocycles. The summed E-state index contributed by atoms with van der Waals surface area (Å²) in [6.45, 7) is 6.47. The molecule has 0 aliphatic carbocycles. The van der Waals surface area contributed by atoms with Gasteiger partial charge >= 0.3 is 0 Å². The zero-order valence-electron chi connectivity index (χ0n) is 13.5. The summed E-state index contributed by atoms with van der Waals surface area (Å²) in [5, 5.41) is 4.44. The lowest BCUT2D eigenvalue weighted by Gasteiger charge is -2.22. The number of rotatable bonds is 3. The maximum Gasteiger partial charge on any atom is 0.170 e. The van der Waals surface area contributed by atoms with Crippen molar-refractivity contribution in [2.45, 2.75) is 26.2 Å². The molecule has 2 rings (SSSR count). The van der Waals surface area contributed by atoms with Gasteiger partial charge in [-0.05, 0) is 23.1 Å². The number of hydrogen-bond donors (Lipinski definition) is 1. The quantitative estimate of drug-likeness (QED) is 0.943. The average Bonchev–Trinajstić information content (AvgIpc) is 2.75. The fourth-order valence-corrected chi connectivity index (χ4v) is 2.20. The first-order valence-electron chi connectivity index (χ1n) is 6.84. The largest absolute Gasteiger partial charge is 0.493 e. The highest BCUT2D eigenvalue weighted by Crippen LogP contribution is 2.41. The number of benzene rings is 1. The molecular formula is C16H23N3O2. The Balaban J connectivity index is 2.72. The minimum absolute atomic E-state index is 0.00533. The molecule has 0 atom stereocenters. The van der Waals surface area contributed by atoms with Crippen molar-refractivity contribution in [2.75, 3.05) is 20.0 Å². The van der Waals surface area contributed by atoms with Crippen LogP contribution in [0.1, 0.15) is 26.3 Å². The molecule has 0 fully saturated rings. The number of ether oxygens (including phenoxy) is 2. The number of aryl methyl sites for hydroxylation is 1. The third kappa shape index (κ3) is 2.82. The summed E-state index contributed by atoms with van der Waals surface area (Å²) in [5.41, 5.74) is 8.70. The molecule has 0 amide bonds. The van der Waals surface area contributed by atoms with Gasteiger partial charge in [0.15, 0.2) is 11.5 Å². The predicted molar refractivity (Wildman–Crippen MR) is 84.9 cm³/mol. The Labute approximate surface area is 125 Å². The second-order valence-corrected chi connectivity index (χ2v) is 6.09. The van der Waals surface area contributed by atoms with E-state index < -0.39 is 0 Å². The highest BCUT2D eigenvalue weighted by atomic mass is 16.5. The van der Waals surface area contributed by atoms with Gasteiger partial charge < -0.3 is 15.2 Å². The molecule has 0 aliphatic rings. The summed E-state index contributed by atoms with van der Waals surface area (Å²) in [6, 6.07) is 5.93. The maximum absolute atomic E-state index is 5.89. The summed E-state index contributed by atoms with van der Waals surface area (Å²) in [4.78, 5) is 0. The van der Waals surface area contributed by atoms with Gasteiger partial charge in [-0.25, -0.2) is 0 Å². The fraction of sp³-hybridized carbons (Fsp3) is 0.438. The zero-order chi connectivity index (χ0) is 15.8. The van der Waals surface area contributed by atoms with E-state index >= 15 is 0 Å². The molecule has 1 aromatic carbocycles. The minimum atomic E-state index is -0.00533. The van der Waals surface area contributed by atoms with Crippen molar-refractivity contribution in [3.63, 3.8) is 0 Å². The maximum atomic E-state index is 5.89. The van der Waals surface area contributed by atoms with E-state index in [1.165, 1.54) is 0 Å². The van der Waals surface area contributed by atoms with E-state index in [2.05, 4.69) is 31.9 Å². The Kier molecular flexibility index (Phi) is 3.85. The lowest BCUT2D eigenvalue weighted by atomic mass is 9.85. The summed E-state index contributed by atoms with van der Waals surface area (Å²) in [6.07, 6.45) is 0. The average molecular weight is 289 g/mol. The number of nitrogen functional groups attached to an aromatic ring is 1. The van der Waals surface area contributed by atoms with Gasteiger partial charge in [-0.2, -0.15) is 5.10 Å². The van der Waals surface area contributed by atoms with Crippen LogP contribution in [-0.4, -0.2) is 24.0 Å². The second-order valence-electron chi connectivity index (χ2n) is 6.09. The van der Waals surface area contributed by atoms with Crippen LogP contribution in [0.2, 0.25) is 0 Å². The molecule has 21 heavy (non-hydrogen) atoms. The SMILES string of the molecule is COc1cc(C(C)(C)C)cc(-c2cc(N)n(C)n2)c1OC. The number of hydrogen-bond acceptors (Lipinski definition) is 4. The van der Waals surface area contributed by atoms with Crippen LogP contribution in [0, 0.1) is 0 Å². The van der Waals surface area contributed by atoms with Gasteiger partial charge in [-0.15, -0.1) is 0 Å². The highest BCUT2D eigenvalue weighted by Gasteiger charge is 2.22. The molecule has 0 aliphatic heterocycles. The molecule has 0 radical (unpaired) electrons. The van der Waals surface area contributed by atoms with Gasteiger partial charge in [0.05, 0.1) is 19.9 Å². The number of nitrogens with zero attached hydrogens (tertiary/aromatic N) is 2. The standard InChI is InChI=1S/C16H23N3O2/c1-16(2,3)10-7-11(12-9-14(17)19(4)18-12)15(21-6)13(8-10)20-5/h7-9H,17H2,1-6H3. The first kappa shape index (κ1) is 15.2. The summed E-state index contributed by atoms with van der Waals surface area (Å²) >= 11 is 0. The van der Waals surface area contributed by atoms with E-state index in [0.717, 1.165) is 16.8 Å². The van der Waals surface area contributed by atoms with Crippen LogP contribution in [0.5, 0.6) is 11.5 Å². The van der Waals surface area contributed by atoms with Crippen LogP contribution < -0.4 is 15.2 Å². The van der Waals surface area contributed by atoms with Gasteiger partial charge in [0, 0.05) is 18.7 Å².